The smallest absolute Gasteiger partial charge is 0.0741 e. The Balaban J connectivity index is 1.74. The van der Waals surface area contributed by atoms with Gasteiger partial charge in [0.1, 0.15) is 0 Å². The number of fused-ring (bicyclic) bond motifs is 5. The molecule has 2 bridgehead atoms. The third-order valence-corrected chi connectivity index (χ3v) is 6.10. The molecule has 0 spiro atoms. The van der Waals surface area contributed by atoms with Crippen LogP contribution in [0.25, 0.3) is 10.9 Å². The van der Waals surface area contributed by atoms with Gasteiger partial charge in [0.15, 0.2) is 0 Å². The van der Waals surface area contributed by atoms with Gasteiger partial charge in [0.2, 0.25) is 0 Å². The van der Waals surface area contributed by atoms with Crippen LogP contribution in [0.2, 0.25) is 5.02 Å². The summed E-state index contributed by atoms with van der Waals surface area (Å²) >= 11 is 6.14. The zero-order valence-corrected chi connectivity index (χ0v) is 14.6. The van der Waals surface area contributed by atoms with Gasteiger partial charge in [-0.05, 0) is 61.6 Å². The van der Waals surface area contributed by atoms with Gasteiger partial charge < -0.3 is 5.73 Å². The molecule has 4 rings (SSSR count). The van der Waals surface area contributed by atoms with E-state index in [0.29, 0.717) is 5.92 Å². The minimum atomic E-state index is 0.618. The molecule has 2 nitrogen and oxygen atoms in total. The maximum absolute atomic E-state index is 6.59. The number of nitrogen functional groups attached to an aromatic ring is 1. The molecule has 0 amide bonds. The largest absolute Gasteiger partial charge is 0.398 e. The summed E-state index contributed by atoms with van der Waals surface area (Å²) in [5.41, 5.74) is 11.1. The topological polar surface area (TPSA) is 38.9 Å². The van der Waals surface area contributed by atoms with Gasteiger partial charge in [-0.15, -0.1) is 0 Å². The standard InChI is InChI=1S/C20H25ClN2/c1-2-3-4-12-7-13-9-14(8-12)19-18(10-13)23-17-11-15(21)5-6-16(17)20(19)22/h5-6,11-14H,2-4,7-10H2,1H3,(H2,22,23). The van der Waals surface area contributed by atoms with Crippen LogP contribution in [0.3, 0.4) is 0 Å². The summed E-state index contributed by atoms with van der Waals surface area (Å²) in [6, 6.07) is 5.90. The Morgan fingerprint density at radius 3 is 2.96 bits per heavy atom. The summed E-state index contributed by atoms with van der Waals surface area (Å²) in [4.78, 5) is 4.94. The number of nitrogens with zero attached hydrogens (tertiary/aromatic N) is 1. The van der Waals surface area contributed by atoms with Crippen molar-refractivity contribution < 1.29 is 0 Å². The fourth-order valence-electron chi connectivity index (χ4n) is 4.91. The third-order valence-electron chi connectivity index (χ3n) is 5.87. The Morgan fingerprint density at radius 2 is 2.13 bits per heavy atom. The Morgan fingerprint density at radius 1 is 1.26 bits per heavy atom. The molecule has 0 saturated heterocycles. The van der Waals surface area contributed by atoms with Crippen LogP contribution in [0.4, 0.5) is 5.69 Å². The van der Waals surface area contributed by atoms with Crippen LogP contribution in [0.5, 0.6) is 0 Å². The predicted molar refractivity (Wildman–Crippen MR) is 98.0 cm³/mol. The van der Waals surface area contributed by atoms with E-state index in [-0.39, 0.29) is 0 Å². The first-order valence-electron chi connectivity index (χ1n) is 9.03. The normalized spacial score (nSPS) is 26.3. The van der Waals surface area contributed by atoms with E-state index in [1.807, 2.05) is 18.2 Å². The van der Waals surface area contributed by atoms with Crippen molar-refractivity contribution in [2.45, 2.75) is 57.8 Å². The van der Waals surface area contributed by atoms with Crippen LogP contribution < -0.4 is 5.73 Å². The summed E-state index contributed by atoms with van der Waals surface area (Å²) in [5.74, 6) is 2.30. The number of nitrogens with two attached hydrogens (primary N) is 1. The zero-order valence-electron chi connectivity index (χ0n) is 13.8. The summed E-state index contributed by atoms with van der Waals surface area (Å²) in [7, 11) is 0. The number of hydrogen-bond donors (Lipinski definition) is 1. The summed E-state index contributed by atoms with van der Waals surface area (Å²) in [5, 5.41) is 1.81. The number of halogens is 1. The molecule has 1 heterocycles. The van der Waals surface area contributed by atoms with Gasteiger partial charge in [-0.3, -0.25) is 4.98 Å². The molecule has 3 unspecified atom stereocenters. The number of hydrogen-bond acceptors (Lipinski definition) is 2. The highest BCUT2D eigenvalue weighted by Gasteiger charge is 2.37. The number of aromatic nitrogens is 1. The van der Waals surface area contributed by atoms with E-state index in [2.05, 4.69) is 6.92 Å². The van der Waals surface area contributed by atoms with Crippen LogP contribution in [0, 0.1) is 11.8 Å². The van der Waals surface area contributed by atoms with Crippen LogP contribution in [0.1, 0.15) is 62.6 Å². The van der Waals surface area contributed by atoms with Crippen LogP contribution in [0.15, 0.2) is 18.2 Å². The van der Waals surface area contributed by atoms with Crippen LogP contribution in [-0.2, 0) is 6.42 Å². The molecule has 1 aromatic carbocycles. The molecule has 1 fully saturated rings. The number of unbranched alkanes of at least 4 members (excludes halogenated alkanes) is 1. The van der Waals surface area contributed by atoms with E-state index in [1.165, 1.54) is 49.8 Å². The zero-order chi connectivity index (χ0) is 16.0. The molecule has 0 aliphatic heterocycles. The second kappa shape index (κ2) is 5.98. The number of rotatable bonds is 3. The van der Waals surface area contributed by atoms with Gasteiger partial charge >= 0.3 is 0 Å². The van der Waals surface area contributed by atoms with E-state index in [0.717, 1.165) is 39.9 Å². The van der Waals surface area contributed by atoms with Crippen LogP contribution in [-0.4, -0.2) is 4.98 Å². The summed E-state index contributed by atoms with van der Waals surface area (Å²) in [6.07, 6.45) is 9.13. The van der Waals surface area contributed by atoms with Crippen molar-refractivity contribution in [1.82, 2.24) is 4.98 Å². The molecule has 2 N–H and O–H groups in total. The monoisotopic (exact) mass is 328 g/mol. The van der Waals surface area contributed by atoms with Crippen molar-refractivity contribution in [1.29, 1.82) is 0 Å². The molecule has 3 heteroatoms. The highest BCUT2D eigenvalue weighted by atomic mass is 35.5. The quantitative estimate of drug-likeness (QED) is 0.783. The van der Waals surface area contributed by atoms with E-state index in [9.17, 15) is 0 Å². The molecule has 2 aliphatic carbocycles. The lowest BCUT2D eigenvalue weighted by atomic mass is 9.65. The molecule has 1 aromatic heterocycles. The first-order chi connectivity index (χ1) is 11.2. The van der Waals surface area contributed by atoms with Crippen LogP contribution >= 0.6 is 11.6 Å². The van der Waals surface area contributed by atoms with Gasteiger partial charge in [0.05, 0.1) is 5.52 Å². The fraction of sp³-hybridized carbons (Fsp3) is 0.550. The van der Waals surface area contributed by atoms with E-state index in [1.54, 1.807) is 0 Å². The second-order valence-electron chi connectivity index (χ2n) is 7.53. The van der Waals surface area contributed by atoms with Crippen molar-refractivity contribution in [3.05, 3.63) is 34.5 Å². The van der Waals surface area contributed by atoms with Gasteiger partial charge in [0.25, 0.3) is 0 Å². The molecule has 0 radical (unpaired) electrons. The van der Waals surface area contributed by atoms with Gasteiger partial charge in [0, 0.05) is 27.4 Å². The Labute approximate surface area is 143 Å². The first-order valence-corrected chi connectivity index (χ1v) is 9.41. The molecular formula is C20H25ClN2. The highest BCUT2D eigenvalue weighted by molar-refractivity contribution is 6.31. The number of benzene rings is 1. The Bertz CT molecular complexity index is 740. The van der Waals surface area contributed by atoms with E-state index >= 15 is 0 Å². The third kappa shape index (κ3) is 2.71. The number of anilines is 1. The minimum absolute atomic E-state index is 0.618. The van der Waals surface area contributed by atoms with Crippen molar-refractivity contribution in [2.24, 2.45) is 11.8 Å². The van der Waals surface area contributed by atoms with Crippen molar-refractivity contribution in [2.75, 3.05) is 5.73 Å². The van der Waals surface area contributed by atoms with Crippen molar-refractivity contribution in [3.8, 4) is 0 Å². The average Bonchev–Trinajstić information content (AvgIpc) is 2.52. The molecule has 3 atom stereocenters. The molecule has 1 saturated carbocycles. The lowest BCUT2D eigenvalue weighted by molar-refractivity contribution is 0.208. The summed E-state index contributed by atoms with van der Waals surface area (Å²) in [6.45, 7) is 2.29. The average molecular weight is 329 g/mol. The van der Waals surface area contributed by atoms with E-state index in [4.69, 9.17) is 22.3 Å². The lowest BCUT2D eigenvalue weighted by Crippen LogP contribution is -2.30. The summed E-state index contributed by atoms with van der Waals surface area (Å²) < 4.78 is 0. The van der Waals surface area contributed by atoms with Gasteiger partial charge in [-0.1, -0.05) is 37.8 Å². The van der Waals surface area contributed by atoms with Crippen molar-refractivity contribution >= 4 is 28.2 Å². The lowest BCUT2D eigenvalue weighted by Gasteiger charge is -2.40. The Kier molecular flexibility index (Phi) is 3.96. The fourth-order valence-corrected chi connectivity index (χ4v) is 5.08. The minimum Gasteiger partial charge on any atom is -0.398 e. The Hall–Kier alpha value is -1.28. The molecule has 2 aromatic rings. The highest BCUT2D eigenvalue weighted by Crippen LogP contribution is 2.49. The molecule has 122 valence electrons. The molecular weight excluding hydrogens is 304 g/mol. The van der Waals surface area contributed by atoms with Gasteiger partial charge in [-0.2, -0.15) is 0 Å². The molecule has 23 heavy (non-hydrogen) atoms. The maximum atomic E-state index is 6.59. The second-order valence-corrected chi connectivity index (χ2v) is 7.97. The number of pyridine rings is 1. The van der Waals surface area contributed by atoms with Gasteiger partial charge in [-0.25, -0.2) is 0 Å². The first kappa shape index (κ1) is 15.3. The van der Waals surface area contributed by atoms with E-state index < -0.39 is 0 Å². The SMILES string of the molecule is CCCCC1CC2Cc3nc4cc(Cl)ccc4c(N)c3C(C1)C2. The molecule has 2 aliphatic rings. The predicted octanol–water partition coefficient (Wildman–Crippen LogP) is 5.72. The maximum Gasteiger partial charge on any atom is 0.0741 e. The van der Waals surface area contributed by atoms with Crippen molar-refractivity contribution in [3.63, 3.8) is 0 Å².